The van der Waals surface area contributed by atoms with E-state index in [-0.39, 0.29) is 30.6 Å². The van der Waals surface area contributed by atoms with Crippen LogP contribution in [0.25, 0.3) is 0 Å². The van der Waals surface area contributed by atoms with Crippen molar-refractivity contribution in [2.24, 2.45) is 5.10 Å². The van der Waals surface area contributed by atoms with Crippen LogP contribution in [0, 0.1) is 5.82 Å². The summed E-state index contributed by atoms with van der Waals surface area (Å²) in [4.78, 5) is 13.2. The molecule has 0 spiro atoms. The summed E-state index contributed by atoms with van der Waals surface area (Å²) >= 11 is 0. The molecule has 3 aromatic rings. The molecule has 0 radical (unpaired) electrons. The highest BCUT2D eigenvalue weighted by Crippen LogP contribution is 2.18. The summed E-state index contributed by atoms with van der Waals surface area (Å²) in [6.45, 7) is 2.09. The molecule has 2 aromatic carbocycles. The van der Waals surface area contributed by atoms with Gasteiger partial charge < -0.3 is 9.47 Å². The van der Waals surface area contributed by atoms with Crippen LogP contribution in [0.1, 0.15) is 28.5 Å². The molecule has 0 amide bonds. The van der Waals surface area contributed by atoms with Crippen molar-refractivity contribution in [1.29, 1.82) is 0 Å². The van der Waals surface area contributed by atoms with Crippen LogP contribution in [0.4, 0.5) is 4.39 Å². The molecule has 1 aromatic heterocycles. The van der Waals surface area contributed by atoms with Gasteiger partial charge in [0.15, 0.2) is 0 Å². The Morgan fingerprint density at radius 3 is 2.63 bits per heavy atom. The predicted molar refractivity (Wildman–Crippen MR) is 96.1 cm³/mol. The maximum Gasteiger partial charge on any atom is 0.364 e. The van der Waals surface area contributed by atoms with Crippen LogP contribution in [0.5, 0.6) is 5.88 Å². The Hall–Kier alpha value is -3.55. The molecule has 0 fully saturated rings. The molecule has 138 valence electrons. The second-order valence-electron chi connectivity index (χ2n) is 5.42. The normalized spacial score (nSPS) is 10.9. The molecule has 0 aliphatic rings. The average molecular weight is 368 g/mol. The molecule has 0 saturated carbocycles. The molecule has 0 unspecified atom stereocenters. The molecular weight excluding hydrogens is 351 g/mol. The number of halogens is 1. The molecule has 7 nitrogen and oxygen atoms in total. The second kappa shape index (κ2) is 8.70. The molecule has 0 N–H and O–H groups in total. The molecule has 27 heavy (non-hydrogen) atoms. The molecule has 0 saturated heterocycles. The third-order valence-corrected chi connectivity index (χ3v) is 3.49. The molecule has 0 bridgehead atoms. The summed E-state index contributed by atoms with van der Waals surface area (Å²) < 4.78 is 23.7. The van der Waals surface area contributed by atoms with Crippen molar-refractivity contribution in [3.63, 3.8) is 0 Å². The first kappa shape index (κ1) is 18.2. The quantitative estimate of drug-likeness (QED) is 0.473. The number of esters is 1. The average Bonchev–Trinajstić information content (AvgIpc) is 3.10. The fraction of sp³-hybridized carbons (Fsp3) is 0.158. The van der Waals surface area contributed by atoms with Gasteiger partial charge in [-0.05, 0) is 35.4 Å². The van der Waals surface area contributed by atoms with Crippen LogP contribution in [0.3, 0.4) is 0 Å². The Morgan fingerprint density at radius 2 is 1.93 bits per heavy atom. The maximum absolute atomic E-state index is 13.0. The lowest BCUT2D eigenvalue weighted by atomic mass is 10.2. The summed E-state index contributed by atoms with van der Waals surface area (Å²) in [5, 5.41) is 11.8. The number of aromatic nitrogens is 3. The Kier molecular flexibility index (Phi) is 5.88. The first-order valence-electron chi connectivity index (χ1n) is 8.27. The van der Waals surface area contributed by atoms with Gasteiger partial charge >= 0.3 is 5.97 Å². The van der Waals surface area contributed by atoms with E-state index in [2.05, 4.69) is 15.4 Å². The van der Waals surface area contributed by atoms with E-state index in [1.54, 1.807) is 19.1 Å². The van der Waals surface area contributed by atoms with Gasteiger partial charge in [0.2, 0.25) is 5.69 Å². The summed E-state index contributed by atoms with van der Waals surface area (Å²) in [5.41, 5.74) is 1.49. The van der Waals surface area contributed by atoms with Gasteiger partial charge in [0.05, 0.1) is 12.8 Å². The lowest BCUT2D eigenvalue weighted by Crippen LogP contribution is -2.09. The van der Waals surface area contributed by atoms with Gasteiger partial charge in [0.1, 0.15) is 12.4 Å². The van der Waals surface area contributed by atoms with Crippen LogP contribution in [0.15, 0.2) is 59.7 Å². The highest BCUT2D eigenvalue weighted by atomic mass is 19.1. The van der Waals surface area contributed by atoms with E-state index in [9.17, 15) is 9.18 Å². The fourth-order valence-corrected chi connectivity index (χ4v) is 2.19. The molecule has 8 heteroatoms. The van der Waals surface area contributed by atoms with Crippen LogP contribution >= 0.6 is 0 Å². The SMILES string of the molecule is CCOC(=O)c1nnn(/N=C\c2ccc(F)cc2)c1OCc1ccccc1. The second-order valence-corrected chi connectivity index (χ2v) is 5.42. The van der Waals surface area contributed by atoms with Crippen molar-refractivity contribution in [2.45, 2.75) is 13.5 Å². The number of ether oxygens (including phenoxy) is 2. The van der Waals surface area contributed by atoms with Crippen LogP contribution in [-0.4, -0.2) is 33.9 Å². The number of nitrogens with zero attached hydrogens (tertiary/aromatic N) is 4. The molecule has 0 aliphatic heterocycles. The zero-order valence-corrected chi connectivity index (χ0v) is 14.6. The standard InChI is InChI=1S/C19H17FN4O3/c1-2-26-19(25)17-18(27-13-15-6-4-3-5-7-15)24(23-22-17)21-12-14-8-10-16(20)11-9-14/h3-12H,2,13H2,1H3/b21-12-. The first-order chi connectivity index (χ1) is 13.2. The summed E-state index contributed by atoms with van der Waals surface area (Å²) in [7, 11) is 0. The third-order valence-electron chi connectivity index (χ3n) is 3.49. The van der Waals surface area contributed by atoms with Crippen LogP contribution in [0.2, 0.25) is 0 Å². The van der Waals surface area contributed by atoms with E-state index in [4.69, 9.17) is 9.47 Å². The van der Waals surface area contributed by atoms with Gasteiger partial charge in [0, 0.05) is 0 Å². The molecule has 3 rings (SSSR count). The van der Waals surface area contributed by atoms with E-state index < -0.39 is 5.97 Å². The summed E-state index contributed by atoms with van der Waals surface area (Å²) in [6, 6.07) is 15.2. The molecule has 1 heterocycles. The molecular formula is C19H17FN4O3. The number of hydrogen-bond acceptors (Lipinski definition) is 6. The number of carbonyl (C=O) groups is 1. The molecule has 0 aliphatic carbocycles. The van der Waals surface area contributed by atoms with Crippen molar-refractivity contribution in [3.05, 3.63) is 77.2 Å². The minimum absolute atomic E-state index is 0.0654. The van der Waals surface area contributed by atoms with Gasteiger partial charge in [-0.2, -0.15) is 5.10 Å². The number of hydrogen-bond donors (Lipinski definition) is 0. The topological polar surface area (TPSA) is 78.6 Å². The van der Waals surface area contributed by atoms with Gasteiger partial charge in [-0.1, -0.05) is 47.3 Å². The number of benzene rings is 2. The zero-order chi connectivity index (χ0) is 19.1. The molecule has 0 atom stereocenters. The van der Waals surface area contributed by atoms with E-state index >= 15 is 0 Å². The van der Waals surface area contributed by atoms with Gasteiger partial charge in [-0.25, -0.2) is 9.18 Å². The summed E-state index contributed by atoms with van der Waals surface area (Å²) in [5.74, 6) is -0.927. The lowest BCUT2D eigenvalue weighted by molar-refractivity contribution is 0.0513. The van der Waals surface area contributed by atoms with Gasteiger partial charge in [-0.3, -0.25) is 0 Å². The first-order valence-corrected chi connectivity index (χ1v) is 8.27. The van der Waals surface area contributed by atoms with Crippen molar-refractivity contribution in [3.8, 4) is 5.88 Å². The maximum atomic E-state index is 13.0. The van der Waals surface area contributed by atoms with E-state index in [0.717, 1.165) is 10.4 Å². The highest BCUT2D eigenvalue weighted by Gasteiger charge is 2.22. The van der Waals surface area contributed by atoms with Crippen molar-refractivity contribution in [1.82, 2.24) is 15.1 Å². The number of carbonyl (C=O) groups excluding carboxylic acids is 1. The Labute approximate surface area is 155 Å². The fourth-order valence-electron chi connectivity index (χ4n) is 2.19. The van der Waals surface area contributed by atoms with Gasteiger partial charge in [-0.15, -0.1) is 5.10 Å². The summed E-state index contributed by atoms with van der Waals surface area (Å²) in [6.07, 6.45) is 1.46. The predicted octanol–water partition coefficient (Wildman–Crippen LogP) is 3.06. The Morgan fingerprint density at radius 1 is 1.19 bits per heavy atom. The highest BCUT2D eigenvalue weighted by molar-refractivity contribution is 5.89. The van der Waals surface area contributed by atoms with Crippen molar-refractivity contribution >= 4 is 12.2 Å². The smallest absolute Gasteiger partial charge is 0.364 e. The van der Waals surface area contributed by atoms with Crippen LogP contribution < -0.4 is 4.74 Å². The van der Waals surface area contributed by atoms with E-state index in [0.29, 0.717) is 5.56 Å². The zero-order valence-electron chi connectivity index (χ0n) is 14.6. The monoisotopic (exact) mass is 368 g/mol. The van der Waals surface area contributed by atoms with E-state index in [1.165, 1.54) is 18.3 Å². The lowest BCUT2D eigenvalue weighted by Gasteiger charge is -2.07. The van der Waals surface area contributed by atoms with Crippen molar-refractivity contribution < 1.29 is 18.7 Å². The minimum atomic E-state index is -0.649. The van der Waals surface area contributed by atoms with Gasteiger partial charge in [0.25, 0.3) is 5.88 Å². The van der Waals surface area contributed by atoms with Crippen molar-refractivity contribution in [2.75, 3.05) is 6.61 Å². The Balaban J connectivity index is 1.85. The Bertz CT molecular complexity index is 924. The van der Waals surface area contributed by atoms with E-state index in [1.807, 2.05) is 30.3 Å². The third kappa shape index (κ3) is 4.75. The van der Waals surface area contributed by atoms with Crippen LogP contribution in [-0.2, 0) is 11.3 Å². The minimum Gasteiger partial charge on any atom is -0.470 e. The largest absolute Gasteiger partial charge is 0.470 e. The number of rotatable bonds is 7.